The van der Waals surface area contributed by atoms with Gasteiger partial charge in [-0.2, -0.15) is 0 Å². The molecule has 1 unspecified atom stereocenters. The van der Waals surface area contributed by atoms with Crippen LogP contribution in [0.1, 0.15) is 18.1 Å². The minimum absolute atomic E-state index is 0.0436. The maximum atomic E-state index is 14.0. The van der Waals surface area contributed by atoms with Gasteiger partial charge in [0.15, 0.2) is 17.9 Å². The van der Waals surface area contributed by atoms with E-state index in [4.69, 9.17) is 9.47 Å². The molecule has 2 aromatic rings. The van der Waals surface area contributed by atoms with Crippen LogP contribution in [0, 0.1) is 11.6 Å². The second-order valence-electron chi connectivity index (χ2n) is 6.91. The SMILES string of the molecule is COc1cc(N2CCNC(C)C2)ccc1/C=C(\C=O)c1cc(F)cc(F)c1OC. The minimum atomic E-state index is -0.870. The van der Waals surface area contributed by atoms with E-state index in [-0.39, 0.29) is 16.9 Å². The van der Waals surface area contributed by atoms with Gasteiger partial charge in [0, 0.05) is 60.2 Å². The first-order chi connectivity index (χ1) is 14.0. The third kappa shape index (κ3) is 4.56. The molecule has 0 radical (unpaired) electrons. The Morgan fingerprint density at radius 2 is 2.00 bits per heavy atom. The second-order valence-corrected chi connectivity index (χ2v) is 6.91. The van der Waals surface area contributed by atoms with E-state index in [1.165, 1.54) is 13.2 Å². The van der Waals surface area contributed by atoms with E-state index in [0.29, 0.717) is 29.7 Å². The molecule has 0 saturated carbocycles. The number of hydrogen-bond donors (Lipinski definition) is 1. The van der Waals surface area contributed by atoms with E-state index in [0.717, 1.165) is 31.4 Å². The van der Waals surface area contributed by atoms with Gasteiger partial charge in [-0.05, 0) is 31.2 Å². The zero-order chi connectivity index (χ0) is 21.0. The standard InChI is InChI=1S/C22H24F2N2O3/c1-14-12-26(7-6-25-14)18-5-4-15(21(11-18)28-2)8-16(13-27)19-9-17(23)10-20(24)22(19)29-3/h4-5,8-11,13-14,25H,6-7,12H2,1-3H3/b16-8+. The lowest BCUT2D eigenvalue weighted by molar-refractivity contribution is -0.103. The molecule has 2 aromatic carbocycles. The summed E-state index contributed by atoms with van der Waals surface area (Å²) in [5.74, 6) is -1.29. The van der Waals surface area contributed by atoms with E-state index >= 15 is 0 Å². The van der Waals surface area contributed by atoms with Crippen molar-refractivity contribution >= 4 is 23.6 Å². The van der Waals surface area contributed by atoms with Crippen LogP contribution in [0.25, 0.3) is 11.6 Å². The summed E-state index contributed by atoms with van der Waals surface area (Å²) in [4.78, 5) is 14.0. The predicted molar refractivity (Wildman–Crippen MR) is 110 cm³/mol. The maximum Gasteiger partial charge on any atom is 0.168 e. The Morgan fingerprint density at radius 3 is 2.66 bits per heavy atom. The van der Waals surface area contributed by atoms with Crippen molar-refractivity contribution in [2.24, 2.45) is 0 Å². The molecule has 0 amide bonds. The number of carbonyl (C=O) groups excluding carboxylic acids is 1. The van der Waals surface area contributed by atoms with Crippen molar-refractivity contribution in [2.45, 2.75) is 13.0 Å². The summed E-state index contributed by atoms with van der Waals surface area (Å²) in [7, 11) is 2.81. The Bertz CT molecular complexity index is 931. The first-order valence-corrected chi connectivity index (χ1v) is 9.33. The van der Waals surface area contributed by atoms with Crippen LogP contribution in [0.4, 0.5) is 14.5 Å². The Kier molecular flexibility index (Phi) is 6.49. The number of hydrogen-bond acceptors (Lipinski definition) is 5. The van der Waals surface area contributed by atoms with E-state index < -0.39 is 11.6 Å². The van der Waals surface area contributed by atoms with Crippen LogP contribution in [0.2, 0.25) is 0 Å². The van der Waals surface area contributed by atoms with E-state index in [1.807, 2.05) is 18.2 Å². The highest BCUT2D eigenvalue weighted by atomic mass is 19.1. The van der Waals surface area contributed by atoms with E-state index in [2.05, 4.69) is 17.1 Å². The van der Waals surface area contributed by atoms with Crippen molar-refractivity contribution in [2.75, 3.05) is 38.8 Å². The highest BCUT2D eigenvalue weighted by Gasteiger charge is 2.19. The van der Waals surface area contributed by atoms with Crippen molar-refractivity contribution < 1.29 is 23.0 Å². The Labute approximate surface area is 168 Å². The number of nitrogens with zero attached hydrogens (tertiary/aromatic N) is 1. The van der Waals surface area contributed by atoms with Crippen LogP contribution in [0.3, 0.4) is 0 Å². The van der Waals surface area contributed by atoms with Crippen LogP contribution < -0.4 is 19.7 Å². The van der Waals surface area contributed by atoms with Crippen LogP contribution in [-0.4, -0.2) is 46.2 Å². The smallest absolute Gasteiger partial charge is 0.168 e. The number of carbonyl (C=O) groups is 1. The van der Waals surface area contributed by atoms with Gasteiger partial charge in [0.1, 0.15) is 11.6 Å². The summed E-state index contributed by atoms with van der Waals surface area (Å²) in [6.07, 6.45) is 2.08. The third-order valence-electron chi connectivity index (χ3n) is 4.91. The van der Waals surface area contributed by atoms with Crippen LogP contribution in [-0.2, 0) is 4.79 Å². The first kappa shape index (κ1) is 20.8. The molecule has 5 nitrogen and oxygen atoms in total. The molecule has 1 N–H and O–H groups in total. The highest BCUT2D eigenvalue weighted by molar-refractivity contribution is 6.14. The summed E-state index contributed by atoms with van der Waals surface area (Å²) >= 11 is 0. The molecule has 1 atom stereocenters. The molecule has 154 valence electrons. The summed E-state index contributed by atoms with van der Waals surface area (Å²) in [5.41, 5.74) is 1.76. The Morgan fingerprint density at radius 1 is 1.21 bits per heavy atom. The van der Waals surface area contributed by atoms with Crippen LogP contribution in [0.15, 0.2) is 30.3 Å². The number of rotatable bonds is 6. The topological polar surface area (TPSA) is 50.8 Å². The van der Waals surface area contributed by atoms with Crippen molar-refractivity contribution in [1.29, 1.82) is 0 Å². The van der Waals surface area contributed by atoms with Crippen LogP contribution >= 0.6 is 0 Å². The minimum Gasteiger partial charge on any atom is -0.496 e. The van der Waals surface area contributed by atoms with Gasteiger partial charge in [0.05, 0.1) is 14.2 Å². The first-order valence-electron chi connectivity index (χ1n) is 9.33. The lowest BCUT2D eigenvalue weighted by Crippen LogP contribution is -2.49. The number of nitrogens with one attached hydrogen (secondary N) is 1. The summed E-state index contributed by atoms with van der Waals surface area (Å²) in [6, 6.07) is 7.84. The van der Waals surface area contributed by atoms with Gasteiger partial charge in [-0.15, -0.1) is 0 Å². The largest absolute Gasteiger partial charge is 0.496 e. The van der Waals surface area contributed by atoms with Gasteiger partial charge < -0.3 is 19.7 Å². The Hall–Kier alpha value is -2.93. The normalized spacial score (nSPS) is 17.2. The average Bonchev–Trinajstić information content (AvgIpc) is 2.71. The molecule has 7 heteroatoms. The number of methoxy groups -OCH3 is 2. The van der Waals surface area contributed by atoms with Gasteiger partial charge in [0.25, 0.3) is 0 Å². The van der Waals surface area contributed by atoms with Gasteiger partial charge in [-0.25, -0.2) is 8.78 Å². The fraction of sp³-hybridized carbons (Fsp3) is 0.318. The number of benzene rings is 2. The van der Waals surface area contributed by atoms with Crippen molar-refractivity contribution in [3.8, 4) is 11.5 Å². The molecule has 0 aromatic heterocycles. The molecule has 1 heterocycles. The van der Waals surface area contributed by atoms with E-state index in [1.54, 1.807) is 7.11 Å². The number of piperazine rings is 1. The molecule has 1 aliphatic rings. The lowest BCUT2D eigenvalue weighted by Gasteiger charge is -2.34. The summed E-state index contributed by atoms with van der Waals surface area (Å²) < 4.78 is 38.3. The highest BCUT2D eigenvalue weighted by Crippen LogP contribution is 2.33. The number of halogens is 2. The molecule has 1 aliphatic heterocycles. The summed E-state index contributed by atoms with van der Waals surface area (Å²) in [5, 5.41) is 3.40. The molecule has 0 spiro atoms. The monoisotopic (exact) mass is 402 g/mol. The molecule has 1 saturated heterocycles. The molecule has 0 bridgehead atoms. The third-order valence-corrected chi connectivity index (χ3v) is 4.91. The van der Waals surface area contributed by atoms with Gasteiger partial charge >= 0.3 is 0 Å². The predicted octanol–water partition coefficient (Wildman–Crippen LogP) is 3.52. The molecule has 1 fully saturated rings. The average molecular weight is 402 g/mol. The quantitative estimate of drug-likeness (QED) is 0.455. The number of allylic oxidation sites excluding steroid dienone is 1. The summed E-state index contributed by atoms with van der Waals surface area (Å²) in [6.45, 7) is 4.77. The van der Waals surface area contributed by atoms with E-state index in [9.17, 15) is 13.6 Å². The molecule has 29 heavy (non-hydrogen) atoms. The maximum absolute atomic E-state index is 14.0. The fourth-order valence-electron chi connectivity index (χ4n) is 3.51. The lowest BCUT2D eigenvalue weighted by atomic mass is 10.0. The number of anilines is 1. The molecular formula is C22H24F2N2O3. The van der Waals surface area contributed by atoms with Crippen molar-refractivity contribution in [3.05, 3.63) is 53.1 Å². The van der Waals surface area contributed by atoms with Crippen LogP contribution in [0.5, 0.6) is 11.5 Å². The van der Waals surface area contributed by atoms with Gasteiger partial charge in [0.2, 0.25) is 0 Å². The second kappa shape index (κ2) is 9.05. The zero-order valence-electron chi connectivity index (χ0n) is 16.7. The van der Waals surface area contributed by atoms with Gasteiger partial charge in [-0.1, -0.05) is 0 Å². The zero-order valence-corrected chi connectivity index (χ0v) is 16.7. The molecule has 3 rings (SSSR count). The Balaban J connectivity index is 2.01. The fourth-order valence-corrected chi connectivity index (χ4v) is 3.51. The molecular weight excluding hydrogens is 378 g/mol. The number of ether oxygens (including phenoxy) is 2. The van der Waals surface area contributed by atoms with Gasteiger partial charge in [-0.3, -0.25) is 4.79 Å². The van der Waals surface area contributed by atoms with Crippen molar-refractivity contribution in [3.63, 3.8) is 0 Å². The molecule has 0 aliphatic carbocycles. The number of aldehydes is 1. The van der Waals surface area contributed by atoms with Crippen molar-refractivity contribution in [1.82, 2.24) is 5.32 Å².